The minimum absolute atomic E-state index is 0.147. The fourth-order valence-electron chi connectivity index (χ4n) is 10.2. The van der Waals surface area contributed by atoms with Crippen LogP contribution >= 0.6 is 0 Å². The molecule has 0 saturated heterocycles. The molecule has 4 aliphatic rings. The van der Waals surface area contributed by atoms with E-state index < -0.39 is 6.04 Å². The van der Waals surface area contributed by atoms with Crippen LogP contribution in [0.1, 0.15) is 50.9 Å². The van der Waals surface area contributed by atoms with Crippen LogP contribution in [0.4, 0.5) is 0 Å². The standard InChI is InChI=1S/C49H39N3O/c1-3-9-34(10-4-1)35-15-17-38(18-16-35)47-50-46(37-11-5-2-6-12-37)51-48(52-47)43-27-39(26-42-41-13-7-8-14-44(41)53-45(42)43)36-19-21-40(22-20-36)49-28-31-23-32(29-49)25-33(24-31)30-49/h1-22,26-27,31-33H,23-25,28-30H2/i1D,3D,4D,9D,10D. The van der Waals surface area contributed by atoms with Gasteiger partial charge in [0.1, 0.15) is 11.2 Å². The van der Waals surface area contributed by atoms with Crippen LogP contribution in [-0.4, -0.2) is 15.0 Å². The molecule has 4 saturated carbocycles. The van der Waals surface area contributed by atoms with E-state index in [-0.39, 0.29) is 29.7 Å². The van der Waals surface area contributed by atoms with Gasteiger partial charge in [-0.3, -0.25) is 0 Å². The number of benzene rings is 6. The molecule has 0 amide bonds. The van der Waals surface area contributed by atoms with Crippen molar-refractivity contribution in [3.8, 4) is 56.4 Å². The van der Waals surface area contributed by atoms with Crippen molar-refractivity contribution in [2.24, 2.45) is 17.8 Å². The molecule has 0 unspecified atom stereocenters. The predicted octanol–water partition coefficient (Wildman–Crippen LogP) is 12.6. The monoisotopic (exact) mass is 690 g/mol. The van der Waals surface area contributed by atoms with E-state index in [1.807, 2.05) is 60.7 Å². The van der Waals surface area contributed by atoms with E-state index in [1.165, 1.54) is 44.1 Å². The predicted molar refractivity (Wildman–Crippen MR) is 214 cm³/mol. The first-order valence-electron chi connectivity index (χ1n) is 21.3. The summed E-state index contributed by atoms with van der Waals surface area (Å²) in [6.07, 6.45) is 8.28. The first kappa shape index (κ1) is 26.0. The molecule has 4 aliphatic carbocycles. The third-order valence-electron chi connectivity index (χ3n) is 12.2. The molecule has 256 valence electrons. The molecule has 4 heteroatoms. The summed E-state index contributed by atoms with van der Waals surface area (Å²) in [4.78, 5) is 15.2. The summed E-state index contributed by atoms with van der Waals surface area (Å²) < 4.78 is 48.0. The Morgan fingerprint density at radius 2 is 1.08 bits per heavy atom. The van der Waals surface area contributed by atoms with Crippen molar-refractivity contribution < 1.29 is 11.3 Å². The lowest BCUT2D eigenvalue weighted by Crippen LogP contribution is -2.48. The summed E-state index contributed by atoms with van der Waals surface area (Å²) in [5.41, 5.74) is 8.41. The molecule has 0 radical (unpaired) electrons. The number of nitrogens with zero attached hydrogens (tertiary/aromatic N) is 3. The number of rotatable bonds is 6. The zero-order valence-corrected chi connectivity index (χ0v) is 29.2. The molecule has 0 N–H and O–H groups in total. The molecule has 2 aromatic heterocycles. The first-order valence-corrected chi connectivity index (χ1v) is 18.8. The minimum atomic E-state index is -0.418. The van der Waals surface area contributed by atoms with E-state index in [9.17, 15) is 0 Å². The van der Waals surface area contributed by atoms with Gasteiger partial charge >= 0.3 is 0 Å². The highest BCUT2D eigenvalue weighted by atomic mass is 16.3. The summed E-state index contributed by atoms with van der Waals surface area (Å²) in [5, 5.41) is 2.01. The second-order valence-corrected chi connectivity index (χ2v) is 15.5. The molecular formula is C49H39N3O. The highest BCUT2D eigenvalue weighted by Gasteiger charge is 2.51. The van der Waals surface area contributed by atoms with Crippen molar-refractivity contribution in [1.29, 1.82) is 0 Å². The number of hydrogen-bond donors (Lipinski definition) is 0. The van der Waals surface area contributed by atoms with E-state index in [0.717, 1.165) is 56.4 Å². The van der Waals surface area contributed by atoms with Crippen molar-refractivity contribution in [1.82, 2.24) is 15.0 Å². The molecule has 0 spiro atoms. The summed E-state index contributed by atoms with van der Waals surface area (Å²) in [5.74, 6) is 4.07. The van der Waals surface area contributed by atoms with E-state index in [0.29, 0.717) is 39.6 Å². The van der Waals surface area contributed by atoms with Gasteiger partial charge in [-0.15, -0.1) is 0 Å². The number of para-hydroxylation sites is 1. The Morgan fingerprint density at radius 1 is 0.509 bits per heavy atom. The van der Waals surface area contributed by atoms with Gasteiger partial charge in [0.2, 0.25) is 0 Å². The SMILES string of the molecule is [2H]c1c([2H])c([2H])c(-c2ccc(-c3nc(-c4ccccc4)nc(-c4cc(-c5ccc(C67CC8CC(CC(C8)C6)C7)cc5)cc5c4oc4ccccc45)n3)cc2)c([2H])c1[2H]. The van der Waals surface area contributed by atoms with Crippen molar-refractivity contribution in [3.63, 3.8) is 0 Å². The van der Waals surface area contributed by atoms with Crippen LogP contribution < -0.4 is 0 Å². The van der Waals surface area contributed by atoms with Crippen LogP contribution in [0.25, 0.3) is 78.4 Å². The summed E-state index contributed by atoms with van der Waals surface area (Å²) in [6.45, 7) is 0. The van der Waals surface area contributed by atoms with Gasteiger partial charge in [0.15, 0.2) is 17.5 Å². The molecular weight excluding hydrogens is 647 g/mol. The molecule has 6 aromatic carbocycles. The van der Waals surface area contributed by atoms with Gasteiger partial charge < -0.3 is 4.42 Å². The quantitative estimate of drug-likeness (QED) is 0.174. The van der Waals surface area contributed by atoms with Gasteiger partial charge in [0.25, 0.3) is 0 Å². The Kier molecular flexibility index (Phi) is 5.93. The molecule has 12 rings (SSSR count). The first-order chi connectivity index (χ1) is 28.2. The van der Waals surface area contributed by atoms with Crippen LogP contribution in [-0.2, 0) is 5.41 Å². The summed E-state index contributed by atoms with van der Waals surface area (Å²) in [7, 11) is 0. The lowest BCUT2D eigenvalue weighted by Gasteiger charge is -2.57. The van der Waals surface area contributed by atoms with E-state index in [1.54, 1.807) is 12.1 Å². The van der Waals surface area contributed by atoms with Gasteiger partial charge in [-0.2, -0.15) is 0 Å². The number of fused-ring (bicyclic) bond motifs is 3. The molecule has 8 aromatic rings. The van der Waals surface area contributed by atoms with Gasteiger partial charge in [0.05, 0.1) is 12.4 Å². The highest BCUT2D eigenvalue weighted by Crippen LogP contribution is 2.60. The molecule has 2 heterocycles. The Morgan fingerprint density at radius 3 is 1.77 bits per heavy atom. The van der Waals surface area contributed by atoms with Gasteiger partial charge in [-0.1, -0.05) is 127 Å². The van der Waals surface area contributed by atoms with Gasteiger partial charge in [0, 0.05) is 21.9 Å². The number of aromatic nitrogens is 3. The topological polar surface area (TPSA) is 51.8 Å². The Hall–Kier alpha value is -5.87. The third kappa shape index (κ3) is 5.31. The second kappa shape index (κ2) is 12.1. The van der Waals surface area contributed by atoms with Crippen molar-refractivity contribution in [2.75, 3.05) is 0 Å². The molecule has 4 nitrogen and oxygen atoms in total. The molecule has 53 heavy (non-hydrogen) atoms. The minimum Gasteiger partial charge on any atom is -0.455 e. The lowest BCUT2D eigenvalue weighted by molar-refractivity contribution is -0.00518. The fraction of sp³-hybridized carbons (Fsp3) is 0.204. The Bertz CT molecular complexity index is 2860. The summed E-state index contributed by atoms with van der Waals surface area (Å²) in [6, 6.07) is 37.2. The number of furan rings is 1. The van der Waals surface area contributed by atoms with Crippen LogP contribution in [0, 0.1) is 17.8 Å². The van der Waals surface area contributed by atoms with E-state index in [2.05, 4.69) is 42.5 Å². The zero-order valence-electron chi connectivity index (χ0n) is 34.2. The average molecular weight is 691 g/mol. The smallest absolute Gasteiger partial charge is 0.167 e. The molecule has 0 aliphatic heterocycles. The van der Waals surface area contributed by atoms with E-state index in [4.69, 9.17) is 26.2 Å². The van der Waals surface area contributed by atoms with Gasteiger partial charge in [-0.05, 0) is 108 Å². The van der Waals surface area contributed by atoms with Crippen LogP contribution in [0.15, 0.2) is 150 Å². The van der Waals surface area contributed by atoms with Crippen molar-refractivity contribution in [3.05, 3.63) is 151 Å². The maximum Gasteiger partial charge on any atom is 0.167 e. The normalized spacial score (nSPS) is 23.1. The highest BCUT2D eigenvalue weighted by molar-refractivity contribution is 6.11. The van der Waals surface area contributed by atoms with Gasteiger partial charge in [-0.25, -0.2) is 15.0 Å². The average Bonchev–Trinajstić information content (AvgIpc) is 3.63. The van der Waals surface area contributed by atoms with E-state index >= 15 is 0 Å². The van der Waals surface area contributed by atoms with Crippen molar-refractivity contribution in [2.45, 2.75) is 43.9 Å². The maximum atomic E-state index is 8.50. The molecule has 4 fully saturated rings. The van der Waals surface area contributed by atoms with Crippen LogP contribution in [0.3, 0.4) is 0 Å². The third-order valence-corrected chi connectivity index (χ3v) is 12.2. The van der Waals surface area contributed by atoms with Crippen molar-refractivity contribution >= 4 is 21.9 Å². The largest absolute Gasteiger partial charge is 0.455 e. The number of hydrogen-bond acceptors (Lipinski definition) is 4. The van der Waals surface area contributed by atoms with Crippen LogP contribution in [0.2, 0.25) is 0 Å². The maximum absolute atomic E-state index is 8.50. The van der Waals surface area contributed by atoms with Crippen LogP contribution in [0.5, 0.6) is 0 Å². The zero-order chi connectivity index (χ0) is 39.3. The summed E-state index contributed by atoms with van der Waals surface area (Å²) >= 11 is 0. The lowest BCUT2D eigenvalue weighted by atomic mass is 9.48. The second-order valence-electron chi connectivity index (χ2n) is 15.5. The fourth-order valence-corrected chi connectivity index (χ4v) is 10.2. The molecule has 0 atom stereocenters. The molecule has 4 bridgehead atoms. The Balaban J connectivity index is 1.05. The Labute approximate surface area is 316 Å².